The van der Waals surface area contributed by atoms with Gasteiger partial charge >= 0.3 is 6.09 Å². The number of carbonyl (C=O) groups excluding carboxylic acids is 1. The van der Waals surface area contributed by atoms with Gasteiger partial charge in [0.25, 0.3) is 0 Å². The average Bonchev–Trinajstić information content (AvgIpc) is 2.00. The molecule has 0 aliphatic carbocycles. The predicted octanol–water partition coefficient (Wildman–Crippen LogP) is 1.51. The molecule has 0 aliphatic heterocycles. The standard InChI is InChI=1S/C10H22N2O2/c1-5-11-7-6-8-12-9(13)14-10(2,3)4/h11H,5-8H2,1-4H3,(H,12,13). The largest absolute Gasteiger partial charge is 0.444 e. The number of hydrogen-bond donors (Lipinski definition) is 2. The molecule has 14 heavy (non-hydrogen) atoms. The zero-order valence-electron chi connectivity index (χ0n) is 9.64. The summed E-state index contributed by atoms with van der Waals surface area (Å²) in [5.74, 6) is 0. The van der Waals surface area contributed by atoms with Crippen LogP contribution in [-0.2, 0) is 4.74 Å². The molecule has 0 heterocycles. The van der Waals surface area contributed by atoms with Crippen molar-refractivity contribution in [3.05, 3.63) is 0 Å². The van der Waals surface area contributed by atoms with Crippen molar-refractivity contribution >= 4 is 6.09 Å². The number of amides is 1. The minimum atomic E-state index is -0.411. The minimum absolute atomic E-state index is 0.339. The smallest absolute Gasteiger partial charge is 0.407 e. The van der Waals surface area contributed by atoms with E-state index in [0.717, 1.165) is 19.5 Å². The summed E-state index contributed by atoms with van der Waals surface area (Å²) >= 11 is 0. The summed E-state index contributed by atoms with van der Waals surface area (Å²) in [7, 11) is 0. The SMILES string of the molecule is CCNCCCNC(=O)OC(C)(C)C. The van der Waals surface area contributed by atoms with Crippen LogP contribution in [0.2, 0.25) is 0 Å². The van der Waals surface area contributed by atoms with E-state index in [1.165, 1.54) is 0 Å². The van der Waals surface area contributed by atoms with Crippen molar-refractivity contribution < 1.29 is 9.53 Å². The van der Waals surface area contributed by atoms with Crippen LogP contribution in [0.1, 0.15) is 34.1 Å². The third kappa shape index (κ3) is 9.32. The molecular weight excluding hydrogens is 180 g/mol. The average molecular weight is 202 g/mol. The predicted molar refractivity (Wildman–Crippen MR) is 57.4 cm³/mol. The molecule has 2 N–H and O–H groups in total. The van der Waals surface area contributed by atoms with Crippen molar-refractivity contribution in [1.29, 1.82) is 0 Å². The summed E-state index contributed by atoms with van der Waals surface area (Å²) in [5, 5.41) is 5.88. The van der Waals surface area contributed by atoms with Crippen molar-refractivity contribution in [2.75, 3.05) is 19.6 Å². The molecule has 0 aromatic rings. The van der Waals surface area contributed by atoms with Gasteiger partial charge < -0.3 is 15.4 Å². The first-order valence-corrected chi connectivity index (χ1v) is 5.13. The van der Waals surface area contributed by atoms with E-state index < -0.39 is 5.60 Å². The lowest BCUT2D eigenvalue weighted by molar-refractivity contribution is 0.0527. The van der Waals surface area contributed by atoms with Gasteiger partial charge in [0.2, 0.25) is 0 Å². The van der Waals surface area contributed by atoms with E-state index in [-0.39, 0.29) is 6.09 Å². The first kappa shape index (κ1) is 13.2. The molecule has 0 atom stereocenters. The molecule has 0 saturated heterocycles. The summed E-state index contributed by atoms with van der Waals surface area (Å²) in [6.45, 7) is 10.2. The Hall–Kier alpha value is -0.770. The number of carbonyl (C=O) groups is 1. The van der Waals surface area contributed by atoms with Crippen molar-refractivity contribution in [3.63, 3.8) is 0 Å². The molecule has 0 fully saturated rings. The van der Waals surface area contributed by atoms with Crippen LogP contribution < -0.4 is 10.6 Å². The van der Waals surface area contributed by atoms with E-state index >= 15 is 0 Å². The fraction of sp³-hybridized carbons (Fsp3) is 0.900. The first-order chi connectivity index (χ1) is 6.45. The molecule has 4 nitrogen and oxygen atoms in total. The first-order valence-electron chi connectivity index (χ1n) is 5.13. The molecule has 0 spiro atoms. The maximum atomic E-state index is 11.1. The quantitative estimate of drug-likeness (QED) is 0.664. The fourth-order valence-electron chi connectivity index (χ4n) is 0.895. The summed E-state index contributed by atoms with van der Waals surface area (Å²) < 4.78 is 5.07. The van der Waals surface area contributed by atoms with E-state index in [4.69, 9.17) is 4.74 Å². The molecule has 0 bridgehead atoms. The molecule has 0 aromatic carbocycles. The second kappa shape index (κ2) is 6.65. The lowest BCUT2D eigenvalue weighted by atomic mass is 10.2. The molecule has 4 heteroatoms. The zero-order valence-corrected chi connectivity index (χ0v) is 9.64. The second-order valence-corrected chi connectivity index (χ2v) is 4.14. The molecule has 0 unspecified atom stereocenters. The van der Waals surface area contributed by atoms with Gasteiger partial charge in [0.05, 0.1) is 0 Å². The number of alkyl carbamates (subject to hydrolysis) is 1. The van der Waals surface area contributed by atoms with Gasteiger partial charge in [-0.05, 0) is 40.3 Å². The second-order valence-electron chi connectivity index (χ2n) is 4.14. The van der Waals surface area contributed by atoms with Crippen molar-refractivity contribution in [3.8, 4) is 0 Å². The molecular formula is C10H22N2O2. The third-order valence-corrected chi connectivity index (χ3v) is 1.45. The Balaban J connectivity index is 3.36. The van der Waals surface area contributed by atoms with Crippen molar-refractivity contribution in [1.82, 2.24) is 10.6 Å². The van der Waals surface area contributed by atoms with Crippen molar-refractivity contribution in [2.45, 2.75) is 39.7 Å². The van der Waals surface area contributed by atoms with Crippen LogP contribution in [0.15, 0.2) is 0 Å². The highest BCUT2D eigenvalue weighted by atomic mass is 16.6. The molecule has 84 valence electrons. The van der Waals surface area contributed by atoms with Gasteiger partial charge in [-0.15, -0.1) is 0 Å². The van der Waals surface area contributed by atoms with Crippen LogP contribution in [0.3, 0.4) is 0 Å². The van der Waals surface area contributed by atoms with E-state index in [1.54, 1.807) is 0 Å². The van der Waals surface area contributed by atoms with Crippen LogP contribution >= 0.6 is 0 Å². The number of ether oxygens (including phenoxy) is 1. The van der Waals surface area contributed by atoms with Crippen molar-refractivity contribution in [2.24, 2.45) is 0 Å². The van der Waals surface area contributed by atoms with Gasteiger partial charge in [0.1, 0.15) is 5.60 Å². The summed E-state index contributed by atoms with van der Waals surface area (Å²) in [5.41, 5.74) is -0.411. The van der Waals surface area contributed by atoms with E-state index in [1.807, 2.05) is 20.8 Å². The van der Waals surface area contributed by atoms with Gasteiger partial charge in [-0.25, -0.2) is 4.79 Å². The van der Waals surface area contributed by atoms with E-state index in [0.29, 0.717) is 6.54 Å². The van der Waals surface area contributed by atoms with Crippen LogP contribution in [0, 0.1) is 0 Å². The molecule has 0 saturated carbocycles. The van der Waals surface area contributed by atoms with Gasteiger partial charge in [-0.2, -0.15) is 0 Å². The summed E-state index contributed by atoms with van der Waals surface area (Å²) in [4.78, 5) is 11.1. The molecule has 0 radical (unpaired) electrons. The Labute approximate surface area is 86.4 Å². The van der Waals surface area contributed by atoms with Gasteiger partial charge in [0, 0.05) is 6.54 Å². The Kier molecular flexibility index (Phi) is 6.28. The Morgan fingerprint density at radius 3 is 2.43 bits per heavy atom. The Bertz CT molecular complexity index is 164. The van der Waals surface area contributed by atoms with Crippen LogP contribution in [0.25, 0.3) is 0 Å². The number of nitrogens with one attached hydrogen (secondary N) is 2. The highest BCUT2D eigenvalue weighted by molar-refractivity contribution is 5.67. The summed E-state index contributed by atoms with van der Waals surface area (Å²) in [6, 6.07) is 0. The lowest BCUT2D eigenvalue weighted by Crippen LogP contribution is -2.33. The van der Waals surface area contributed by atoms with Gasteiger partial charge in [-0.3, -0.25) is 0 Å². The normalized spacial score (nSPS) is 11.1. The van der Waals surface area contributed by atoms with E-state index in [9.17, 15) is 4.79 Å². The van der Waals surface area contributed by atoms with Crippen LogP contribution in [-0.4, -0.2) is 31.3 Å². The van der Waals surface area contributed by atoms with Crippen LogP contribution in [0.4, 0.5) is 4.79 Å². The third-order valence-electron chi connectivity index (χ3n) is 1.45. The molecule has 0 rings (SSSR count). The Morgan fingerprint density at radius 2 is 1.93 bits per heavy atom. The minimum Gasteiger partial charge on any atom is -0.444 e. The molecule has 0 aromatic heterocycles. The topological polar surface area (TPSA) is 50.4 Å². The number of rotatable bonds is 5. The van der Waals surface area contributed by atoms with Gasteiger partial charge in [0.15, 0.2) is 0 Å². The zero-order chi connectivity index (χ0) is 11.0. The fourth-order valence-corrected chi connectivity index (χ4v) is 0.895. The summed E-state index contributed by atoms with van der Waals surface area (Å²) in [6.07, 6.45) is 0.585. The number of hydrogen-bond acceptors (Lipinski definition) is 3. The van der Waals surface area contributed by atoms with Gasteiger partial charge in [-0.1, -0.05) is 6.92 Å². The highest BCUT2D eigenvalue weighted by Crippen LogP contribution is 2.06. The van der Waals surface area contributed by atoms with E-state index in [2.05, 4.69) is 17.6 Å². The molecule has 1 amide bonds. The maximum absolute atomic E-state index is 11.1. The van der Waals surface area contributed by atoms with Crippen LogP contribution in [0.5, 0.6) is 0 Å². The monoisotopic (exact) mass is 202 g/mol. The molecule has 0 aliphatic rings. The Morgan fingerprint density at radius 1 is 1.29 bits per heavy atom. The highest BCUT2D eigenvalue weighted by Gasteiger charge is 2.15. The lowest BCUT2D eigenvalue weighted by Gasteiger charge is -2.19. The maximum Gasteiger partial charge on any atom is 0.407 e.